The Kier molecular flexibility index (Phi) is 6.02. The van der Waals surface area contributed by atoms with Crippen LogP contribution in [-0.4, -0.2) is 36.4 Å². The molecule has 2 fully saturated rings. The number of benzene rings is 2. The Morgan fingerprint density at radius 2 is 1.31 bits per heavy atom. The van der Waals surface area contributed by atoms with Gasteiger partial charge in [0.15, 0.2) is 5.79 Å². The third-order valence-electron chi connectivity index (χ3n) is 7.15. The molecule has 2 heterocycles. The molecule has 2 saturated heterocycles. The molecule has 0 amide bonds. The highest BCUT2D eigenvalue weighted by molar-refractivity contribution is 7.69. The van der Waals surface area contributed by atoms with Gasteiger partial charge in [0, 0.05) is 18.1 Å². The summed E-state index contributed by atoms with van der Waals surface area (Å²) < 4.78 is 18.6. The first-order chi connectivity index (χ1) is 14.9. The standard InChI is InChI=1S/C28H39O3P/c1-18-14-20(3)23(21(4)15-18)24-19(2)10-11-22(29-9)25(24)32-26(5,6)16-28(17-27(32,7)8)30-12-13-31-28/h10-11,14-15H,12-13,16-17H2,1-9H3. The number of aryl methyl sites for hydroxylation is 4. The Balaban J connectivity index is 1.99. The third-order valence-corrected chi connectivity index (χ3v) is 10.8. The van der Waals surface area contributed by atoms with Crippen molar-refractivity contribution < 1.29 is 14.2 Å². The van der Waals surface area contributed by atoms with Crippen LogP contribution in [-0.2, 0) is 9.47 Å². The van der Waals surface area contributed by atoms with E-state index in [0.29, 0.717) is 13.2 Å². The summed E-state index contributed by atoms with van der Waals surface area (Å²) in [7, 11) is 1.22. The molecule has 4 rings (SSSR count). The van der Waals surface area contributed by atoms with Crippen LogP contribution in [0.5, 0.6) is 5.75 Å². The average Bonchev–Trinajstić information content (AvgIpc) is 3.07. The van der Waals surface area contributed by atoms with Gasteiger partial charge in [0.1, 0.15) is 5.75 Å². The van der Waals surface area contributed by atoms with Gasteiger partial charge in [0.2, 0.25) is 0 Å². The summed E-state index contributed by atoms with van der Waals surface area (Å²) in [6, 6.07) is 9.02. The van der Waals surface area contributed by atoms with Gasteiger partial charge < -0.3 is 14.2 Å². The number of hydrogen-bond acceptors (Lipinski definition) is 3. The molecule has 1 spiro atoms. The topological polar surface area (TPSA) is 27.7 Å². The fourth-order valence-corrected chi connectivity index (χ4v) is 11.2. The molecule has 2 aliphatic heterocycles. The largest absolute Gasteiger partial charge is 0.496 e. The van der Waals surface area contributed by atoms with Gasteiger partial charge in [-0.1, -0.05) is 59.4 Å². The van der Waals surface area contributed by atoms with E-state index in [0.717, 1.165) is 18.6 Å². The van der Waals surface area contributed by atoms with Crippen LogP contribution in [0.1, 0.15) is 62.8 Å². The monoisotopic (exact) mass is 454 g/mol. The first-order valence-corrected chi connectivity index (χ1v) is 13.1. The molecule has 0 aliphatic carbocycles. The summed E-state index contributed by atoms with van der Waals surface area (Å²) in [5.74, 6) is 0.570. The second kappa shape index (κ2) is 8.12. The second-order valence-electron chi connectivity index (χ2n) is 11.0. The summed E-state index contributed by atoms with van der Waals surface area (Å²) in [5, 5.41) is 1.47. The molecular formula is C28H39O3P. The Hall–Kier alpha value is -1.41. The fourth-order valence-electron chi connectivity index (χ4n) is 6.61. The molecule has 0 N–H and O–H groups in total. The Bertz CT molecular complexity index is 988. The van der Waals surface area contributed by atoms with E-state index in [-0.39, 0.29) is 10.3 Å². The molecule has 0 saturated carbocycles. The van der Waals surface area contributed by atoms with Crippen LogP contribution in [0.15, 0.2) is 24.3 Å². The van der Waals surface area contributed by atoms with Crippen molar-refractivity contribution in [3.05, 3.63) is 46.5 Å². The van der Waals surface area contributed by atoms with E-state index >= 15 is 0 Å². The predicted octanol–water partition coefficient (Wildman–Crippen LogP) is 6.80. The van der Waals surface area contributed by atoms with Gasteiger partial charge in [-0.25, -0.2) is 0 Å². The van der Waals surface area contributed by atoms with Crippen molar-refractivity contribution in [2.75, 3.05) is 20.3 Å². The summed E-state index contributed by atoms with van der Waals surface area (Å²) in [5.41, 5.74) is 8.04. The molecule has 2 aromatic rings. The van der Waals surface area contributed by atoms with Gasteiger partial charge in [0.25, 0.3) is 0 Å². The minimum Gasteiger partial charge on any atom is -0.496 e. The lowest BCUT2D eigenvalue weighted by atomic mass is 9.90. The summed E-state index contributed by atoms with van der Waals surface area (Å²) >= 11 is 0. The van der Waals surface area contributed by atoms with E-state index in [9.17, 15) is 0 Å². The maximum absolute atomic E-state index is 6.24. The normalized spacial score (nSPS) is 21.8. The van der Waals surface area contributed by atoms with Crippen LogP contribution in [0.3, 0.4) is 0 Å². The molecule has 0 aromatic heterocycles. The molecule has 3 nitrogen and oxygen atoms in total. The average molecular weight is 455 g/mol. The number of methoxy groups -OCH3 is 1. The van der Waals surface area contributed by atoms with Crippen LogP contribution in [0.25, 0.3) is 11.1 Å². The van der Waals surface area contributed by atoms with Crippen molar-refractivity contribution in [2.45, 2.75) is 84.3 Å². The molecule has 174 valence electrons. The van der Waals surface area contributed by atoms with E-state index in [1.165, 1.54) is 38.7 Å². The highest BCUT2D eigenvalue weighted by atomic mass is 31.1. The van der Waals surface area contributed by atoms with Crippen molar-refractivity contribution in [1.29, 1.82) is 0 Å². The highest BCUT2D eigenvalue weighted by Gasteiger charge is 2.57. The van der Waals surface area contributed by atoms with Crippen LogP contribution in [0.4, 0.5) is 0 Å². The molecule has 0 bridgehead atoms. The van der Waals surface area contributed by atoms with E-state index in [2.05, 4.69) is 79.7 Å². The minimum atomic E-state index is -0.600. The zero-order chi connectivity index (χ0) is 23.5. The Morgan fingerprint density at radius 1 is 0.781 bits per heavy atom. The van der Waals surface area contributed by atoms with E-state index in [1.807, 2.05) is 7.11 Å². The van der Waals surface area contributed by atoms with Gasteiger partial charge in [0.05, 0.1) is 20.3 Å². The Labute approximate surface area is 195 Å². The van der Waals surface area contributed by atoms with E-state index in [4.69, 9.17) is 14.2 Å². The lowest BCUT2D eigenvalue weighted by Gasteiger charge is -2.56. The molecule has 0 unspecified atom stereocenters. The number of hydrogen-bond donors (Lipinski definition) is 0. The fraction of sp³-hybridized carbons (Fsp3) is 0.571. The zero-order valence-corrected chi connectivity index (χ0v) is 22.2. The van der Waals surface area contributed by atoms with Crippen LogP contribution < -0.4 is 10.0 Å². The van der Waals surface area contributed by atoms with Crippen LogP contribution >= 0.6 is 7.92 Å². The molecule has 0 atom stereocenters. The van der Waals surface area contributed by atoms with Crippen molar-refractivity contribution in [3.63, 3.8) is 0 Å². The van der Waals surface area contributed by atoms with E-state index in [1.54, 1.807) is 0 Å². The quantitative estimate of drug-likeness (QED) is 0.478. The SMILES string of the molecule is COc1ccc(C)c(-c2c(C)cc(C)cc2C)c1P1C(C)(C)CC2(CC1(C)C)OCCO2. The Morgan fingerprint density at radius 3 is 1.81 bits per heavy atom. The maximum Gasteiger partial charge on any atom is 0.170 e. The third kappa shape index (κ3) is 3.91. The molecule has 2 aromatic carbocycles. The van der Waals surface area contributed by atoms with Crippen LogP contribution in [0.2, 0.25) is 0 Å². The van der Waals surface area contributed by atoms with Gasteiger partial charge in [-0.2, -0.15) is 0 Å². The maximum atomic E-state index is 6.24. The van der Waals surface area contributed by atoms with Crippen molar-refractivity contribution in [2.24, 2.45) is 0 Å². The van der Waals surface area contributed by atoms with Gasteiger partial charge in [-0.05, 0) is 71.9 Å². The van der Waals surface area contributed by atoms with Gasteiger partial charge >= 0.3 is 0 Å². The lowest BCUT2D eigenvalue weighted by Crippen LogP contribution is -2.52. The first kappa shape index (κ1) is 23.7. The van der Waals surface area contributed by atoms with Crippen LogP contribution in [0, 0.1) is 27.7 Å². The smallest absolute Gasteiger partial charge is 0.170 e. The molecule has 0 radical (unpaired) electrons. The van der Waals surface area contributed by atoms with Crippen molar-refractivity contribution in [3.8, 4) is 16.9 Å². The predicted molar refractivity (Wildman–Crippen MR) is 136 cm³/mol. The highest BCUT2D eigenvalue weighted by Crippen LogP contribution is 2.69. The van der Waals surface area contributed by atoms with Crippen molar-refractivity contribution >= 4 is 13.2 Å². The number of ether oxygens (including phenoxy) is 3. The summed E-state index contributed by atoms with van der Waals surface area (Å²) in [6.07, 6.45) is 1.83. The number of rotatable bonds is 3. The molecule has 2 aliphatic rings. The summed E-state index contributed by atoms with van der Waals surface area (Å²) in [4.78, 5) is 0. The molecular weight excluding hydrogens is 415 g/mol. The van der Waals surface area contributed by atoms with Gasteiger partial charge in [-0.3, -0.25) is 0 Å². The molecule has 4 heteroatoms. The van der Waals surface area contributed by atoms with E-state index < -0.39 is 13.7 Å². The zero-order valence-electron chi connectivity index (χ0n) is 21.3. The summed E-state index contributed by atoms with van der Waals surface area (Å²) in [6.45, 7) is 20.0. The lowest BCUT2D eigenvalue weighted by molar-refractivity contribution is -0.178. The first-order valence-electron chi connectivity index (χ1n) is 11.7. The van der Waals surface area contributed by atoms with Crippen molar-refractivity contribution in [1.82, 2.24) is 0 Å². The minimum absolute atomic E-state index is 0.0315. The second-order valence-corrected chi connectivity index (χ2v) is 14.5. The molecule has 32 heavy (non-hydrogen) atoms. The van der Waals surface area contributed by atoms with Gasteiger partial charge in [-0.15, -0.1) is 0 Å².